The number of nitrogens with zero attached hydrogens (tertiary/aromatic N) is 2. The first-order valence-electron chi connectivity index (χ1n) is 10.3. The zero-order valence-electron chi connectivity index (χ0n) is 18.3. The fraction of sp³-hybridized carbons (Fsp3) is 0.0400. The number of amides is 4. The number of urea groups is 1. The summed E-state index contributed by atoms with van der Waals surface area (Å²) >= 11 is 0. The molecule has 0 aromatic heterocycles. The minimum atomic E-state index is -0.889. The summed E-state index contributed by atoms with van der Waals surface area (Å²) in [5.41, 5.74) is 0.907. The van der Waals surface area contributed by atoms with Crippen LogP contribution in [0.5, 0.6) is 5.75 Å². The first-order valence-corrected chi connectivity index (χ1v) is 10.3. The Kier molecular flexibility index (Phi) is 6.19. The molecule has 1 saturated heterocycles. The summed E-state index contributed by atoms with van der Waals surface area (Å²) < 4.78 is 5.42. The van der Waals surface area contributed by atoms with Crippen LogP contribution in [0.4, 0.5) is 16.2 Å². The Bertz CT molecular complexity index is 1410. The first kappa shape index (κ1) is 23.1. The lowest BCUT2D eigenvalue weighted by Gasteiger charge is -2.26. The molecule has 4 amide bonds. The van der Waals surface area contributed by atoms with Gasteiger partial charge in [-0.05, 0) is 48.9 Å². The quantitative estimate of drug-likeness (QED) is 0.149. The summed E-state index contributed by atoms with van der Waals surface area (Å²) in [5.74, 6) is -2.47. The van der Waals surface area contributed by atoms with E-state index in [-0.39, 0.29) is 28.1 Å². The molecule has 0 aliphatic carbocycles. The predicted molar refractivity (Wildman–Crippen MR) is 125 cm³/mol. The molecule has 1 aliphatic heterocycles. The van der Waals surface area contributed by atoms with Crippen LogP contribution in [0.1, 0.15) is 21.5 Å². The number of nitro benzene ring substituents is 1. The molecule has 0 spiro atoms. The van der Waals surface area contributed by atoms with Gasteiger partial charge in [-0.2, -0.15) is 0 Å². The summed E-state index contributed by atoms with van der Waals surface area (Å²) in [6, 6.07) is 16.9. The van der Waals surface area contributed by atoms with E-state index in [1.807, 2.05) is 0 Å². The monoisotopic (exact) mass is 471 g/mol. The molecule has 10 heteroatoms. The summed E-state index contributed by atoms with van der Waals surface area (Å²) in [6.45, 7) is 1.80. The van der Waals surface area contributed by atoms with Crippen molar-refractivity contribution in [2.75, 3.05) is 4.90 Å². The number of anilines is 1. The van der Waals surface area contributed by atoms with Crippen molar-refractivity contribution >= 4 is 41.3 Å². The minimum absolute atomic E-state index is 0.0444. The van der Waals surface area contributed by atoms with Gasteiger partial charge in [-0.25, -0.2) is 14.5 Å². The van der Waals surface area contributed by atoms with E-state index in [0.29, 0.717) is 5.69 Å². The van der Waals surface area contributed by atoms with Crippen molar-refractivity contribution in [1.29, 1.82) is 0 Å². The van der Waals surface area contributed by atoms with Crippen LogP contribution in [-0.2, 0) is 9.59 Å². The molecule has 1 heterocycles. The number of hydrogen-bond donors (Lipinski definition) is 1. The molecule has 1 aliphatic rings. The van der Waals surface area contributed by atoms with Gasteiger partial charge < -0.3 is 4.74 Å². The van der Waals surface area contributed by atoms with E-state index in [0.717, 1.165) is 10.5 Å². The molecule has 0 radical (unpaired) electrons. The SMILES string of the molecule is Cc1cccc(N2C(=O)NC(=O)/C(=C/c3ccccc3OC(=O)c3ccc([N+](=O)[O-])cc3)C2=O)c1. The average molecular weight is 471 g/mol. The zero-order chi connectivity index (χ0) is 25.1. The molecule has 1 fully saturated rings. The van der Waals surface area contributed by atoms with Crippen LogP contribution < -0.4 is 15.0 Å². The Balaban J connectivity index is 1.64. The summed E-state index contributed by atoms with van der Waals surface area (Å²) in [7, 11) is 0. The van der Waals surface area contributed by atoms with Gasteiger partial charge in [0.1, 0.15) is 11.3 Å². The number of nitrogens with one attached hydrogen (secondary N) is 1. The lowest BCUT2D eigenvalue weighted by molar-refractivity contribution is -0.384. The second kappa shape index (κ2) is 9.40. The van der Waals surface area contributed by atoms with E-state index in [1.165, 1.54) is 42.5 Å². The van der Waals surface area contributed by atoms with Crippen LogP contribution in [0.15, 0.2) is 78.4 Å². The van der Waals surface area contributed by atoms with Gasteiger partial charge in [0, 0.05) is 17.7 Å². The highest BCUT2D eigenvalue weighted by Crippen LogP contribution is 2.26. The number of nitro groups is 1. The number of rotatable bonds is 5. The van der Waals surface area contributed by atoms with Crippen molar-refractivity contribution in [3.63, 3.8) is 0 Å². The highest BCUT2D eigenvalue weighted by molar-refractivity contribution is 6.39. The molecule has 0 bridgehead atoms. The predicted octanol–water partition coefficient (Wildman–Crippen LogP) is 3.79. The lowest BCUT2D eigenvalue weighted by atomic mass is 10.1. The van der Waals surface area contributed by atoms with E-state index in [1.54, 1.807) is 43.3 Å². The molecular formula is C25H17N3O7. The van der Waals surface area contributed by atoms with Gasteiger partial charge >= 0.3 is 12.0 Å². The Morgan fingerprint density at radius 1 is 1.00 bits per heavy atom. The first-order chi connectivity index (χ1) is 16.7. The fourth-order valence-corrected chi connectivity index (χ4v) is 3.39. The van der Waals surface area contributed by atoms with Gasteiger partial charge in [-0.15, -0.1) is 0 Å². The van der Waals surface area contributed by atoms with E-state index in [2.05, 4.69) is 5.32 Å². The van der Waals surface area contributed by atoms with Crippen molar-refractivity contribution in [2.45, 2.75) is 6.92 Å². The summed E-state index contributed by atoms with van der Waals surface area (Å²) in [6.07, 6.45) is 1.23. The number of carbonyl (C=O) groups excluding carboxylic acids is 4. The van der Waals surface area contributed by atoms with Crippen molar-refractivity contribution < 1.29 is 28.8 Å². The van der Waals surface area contributed by atoms with E-state index < -0.39 is 28.7 Å². The molecule has 4 rings (SSSR count). The number of esters is 1. The molecule has 174 valence electrons. The molecule has 0 unspecified atom stereocenters. The number of benzene rings is 3. The van der Waals surface area contributed by atoms with Crippen molar-refractivity contribution in [3.05, 3.63) is 105 Å². The van der Waals surface area contributed by atoms with Crippen molar-refractivity contribution in [2.24, 2.45) is 0 Å². The lowest BCUT2D eigenvalue weighted by Crippen LogP contribution is -2.54. The van der Waals surface area contributed by atoms with Gasteiger partial charge in [0.05, 0.1) is 16.2 Å². The molecular weight excluding hydrogens is 454 g/mol. The van der Waals surface area contributed by atoms with Gasteiger partial charge in [0.2, 0.25) is 0 Å². The molecule has 3 aromatic carbocycles. The van der Waals surface area contributed by atoms with Gasteiger partial charge in [0.15, 0.2) is 0 Å². The number of imide groups is 2. The van der Waals surface area contributed by atoms with Crippen LogP contribution in [0, 0.1) is 17.0 Å². The van der Waals surface area contributed by atoms with E-state index in [4.69, 9.17) is 4.74 Å². The van der Waals surface area contributed by atoms with Crippen LogP contribution in [0.2, 0.25) is 0 Å². The molecule has 10 nitrogen and oxygen atoms in total. The standard InChI is InChI=1S/C25H17N3O7/c1-15-5-4-7-19(13-15)27-23(30)20(22(29)26-25(27)32)14-17-6-2-3-8-21(17)35-24(31)16-9-11-18(12-10-16)28(33)34/h2-14H,1H3,(H,26,29,32)/b20-14-. The molecule has 3 aromatic rings. The van der Waals surface area contributed by atoms with Crippen molar-refractivity contribution in [1.82, 2.24) is 5.32 Å². The number of ether oxygens (including phenoxy) is 1. The topological polar surface area (TPSA) is 136 Å². The number of aryl methyl sites for hydroxylation is 1. The minimum Gasteiger partial charge on any atom is -0.422 e. The highest BCUT2D eigenvalue weighted by atomic mass is 16.6. The third-order valence-corrected chi connectivity index (χ3v) is 5.10. The molecule has 1 N–H and O–H groups in total. The number of barbiturate groups is 1. The Morgan fingerprint density at radius 3 is 2.40 bits per heavy atom. The van der Waals surface area contributed by atoms with Crippen LogP contribution in [0.3, 0.4) is 0 Å². The smallest absolute Gasteiger partial charge is 0.343 e. The average Bonchev–Trinajstić information content (AvgIpc) is 2.82. The van der Waals surface area contributed by atoms with Crippen molar-refractivity contribution in [3.8, 4) is 5.75 Å². The fourth-order valence-electron chi connectivity index (χ4n) is 3.39. The maximum Gasteiger partial charge on any atom is 0.343 e. The summed E-state index contributed by atoms with van der Waals surface area (Å²) in [4.78, 5) is 61.6. The number of para-hydroxylation sites is 1. The number of non-ortho nitro benzene ring substituents is 1. The van der Waals surface area contributed by atoms with Gasteiger partial charge in [0.25, 0.3) is 17.5 Å². The van der Waals surface area contributed by atoms with Crippen LogP contribution in [0.25, 0.3) is 6.08 Å². The normalized spacial score (nSPS) is 14.6. The third-order valence-electron chi connectivity index (χ3n) is 5.10. The second-order valence-corrected chi connectivity index (χ2v) is 7.53. The molecule has 0 saturated carbocycles. The molecule has 0 atom stereocenters. The second-order valence-electron chi connectivity index (χ2n) is 7.53. The Labute approximate surface area is 198 Å². The maximum atomic E-state index is 13.1. The third kappa shape index (κ3) is 4.81. The van der Waals surface area contributed by atoms with E-state index >= 15 is 0 Å². The van der Waals surface area contributed by atoms with Gasteiger partial charge in [-0.3, -0.25) is 25.0 Å². The van der Waals surface area contributed by atoms with Gasteiger partial charge in [-0.1, -0.05) is 30.3 Å². The Hall–Kier alpha value is -5.12. The molecule has 35 heavy (non-hydrogen) atoms. The summed E-state index contributed by atoms with van der Waals surface area (Å²) in [5, 5.41) is 13.0. The highest BCUT2D eigenvalue weighted by Gasteiger charge is 2.37. The van der Waals surface area contributed by atoms with Crippen LogP contribution >= 0.6 is 0 Å². The number of hydrogen-bond acceptors (Lipinski definition) is 7. The number of carbonyl (C=O) groups is 4. The Morgan fingerprint density at radius 2 is 1.71 bits per heavy atom. The van der Waals surface area contributed by atoms with Crippen LogP contribution in [-0.4, -0.2) is 28.7 Å². The zero-order valence-corrected chi connectivity index (χ0v) is 18.3. The largest absolute Gasteiger partial charge is 0.422 e. The maximum absolute atomic E-state index is 13.1. The van der Waals surface area contributed by atoms with E-state index in [9.17, 15) is 29.3 Å².